The summed E-state index contributed by atoms with van der Waals surface area (Å²) in [7, 11) is 3.10. The SMILES string of the molecule is COc1cc(OC)c(OCCN)cn1. The summed E-state index contributed by atoms with van der Waals surface area (Å²) >= 11 is 0. The van der Waals surface area contributed by atoms with E-state index in [-0.39, 0.29) is 0 Å². The molecule has 78 valence electrons. The molecule has 0 aliphatic carbocycles. The Kier molecular flexibility index (Phi) is 4.00. The number of hydrogen-bond donors (Lipinski definition) is 1. The van der Waals surface area contributed by atoms with Gasteiger partial charge < -0.3 is 19.9 Å². The first kappa shape index (κ1) is 10.6. The van der Waals surface area contributed by atoms with Crippen LogP contribution in [0.15, 0.2) is 12.3 Å². The maximum absolute atomic E-state index is 5.31. The molecule has 0 amide bonds. The molecule has 0 saturated heterocycles. The average molecular weight is 198 g/mol. The molecular weight excluding hydrogens is 184 g/mol. The first-order chi connectivity index (χ1) is 6.81. The van der Waals surface area contributed by atoms with E-state index in [2.05, 4.69) is 4.98 Å². The van der Waals surface area contributed by atoms with E-state index in [9.17, 15) is 0 Å². The highest BCUT2D eigenvalue weighted by atomic mass is 16.5. The Morgan fingerprint density at radius 2 is 2.07 bits per heavy atom. The minimum atomic E-state index is 0.435. The third-order valence-corrected chi connectivity index (χ3v) is 1.61. The molecule has 0 fully saturated rings. The predicted octanol–water partition coefficient (Wildman–Crippen LogP) is 0.436. The van der Waals surface area contributed by atoms with Crippen LogP contribution in [-0.4, -0.2) is 32.4 Å². The number of nitrogens with zero attached hydrogens (tertiary/aromatic N) is 1. The Morgan fingerprint density at radius 3 is 2.64 bits per heavy atom. The van der Waals surface area contributed by atoms with Crippen LogP contribution in [0.5, 0.6) is 17.4 Å². The summed E-state index contributed by atoms with van der Waals surface area (Å²) in [4.78, 5) is 3.99. The van der Waals surface area contributed by atoms with Crippen LogP contribution in [0.1, 0.15) is 0 Å². The third kappa shape index (κ3) is 2.50. The molecule has 2 N–H and O–H groups in total. The van der Waals surface area contributed by atoms with Crippen LogP contribution in [0, 0.1) is 0 Å². The van der Waals surface area contributed by atoms with E-state index in [1.165, 1.54) is 0 Å². The van der Waals surface area contributed by atoms with E-state index in [0.29, 0.717) is 30.5 Å². The second kappa shape index (κ2) is 5.29. The first-order valence-electron chi connectivity index (χ1n) is 4.22. The number of ether oxygens (including phenoxy) is 3. The minimum absolute atomic E-state index is 0.435. The monoisotopic (exact) mass is 198 g/mol. The molecule has 1 heterocycles. The molecular formula is C9H14N2O3. The molecule has 1 aromatic rings. The smallest absolute Gasteiger partial charge is 0.216 e. The van der Waals surface area contributed by atoms with Gasteiger partial charge in [-0.25, -0.2) is 4.98 Å². The molecule has 0 atom stereocenters. The van der Waals surface area contributed by atoms with Crippen molar-refractivity contribution in [2.75, 3.05) is 27.4 Å². The van der Waals surface area contributed by atoms with Gasteiger partial charge in [0.05, 0.1) is 20.4 Å². The van der Waals surface area contributed by atoms with Gasteiger partial charge in [0.15, 0.2) is 11.5 Å². The van der Waals surface area contributed by atoms with Crippen molar-refractivity contribution >= 4 is 0 Å². The topological polar surface area (TPSA) is 66.6 Å². The van der Waals surface area contributed by atoms with Crippen molar-refractivity contribution in [3.8, 4) is 17.4 Å². The average Bonchev–Trinajstić information content (AvgIpc) is 2.26. The fourth-order valence-electron chi connectivity index (χ4n) is 0.955. The number of methoxy groups -OCH3 is 2. The summed E-state index contributed by atoms with van der Waals surface area (Å²) in [5, 5.41) is 0. The van der Waals surface area contributed by atoms with Crippen molar-refractivity contribution < 1.29 is 14.2 Å². The van der Waals surface area contributed by atoms with Gasteiger partial charge in [-0.1, -0.05) is 0 Å². The summed E-state index contributed by atoms with van der Waals surface area (Å²) < 4.78 is 15.4. The molecule has 0 unspecified atom stereocenters. The second-order valence-corrected chi connectivity index (χ2v) is 2.51. The Morgan fingerprint density at radius 1 is 1.29 bits per heavy atom. The lowest BCUT2D eigenvalue weighted by Gasteiger charge is -2.09. The van der Waals surface area contributed by atoms with Gasteiger partial charge in [0.2, 0.25) is 5.88 Å². The lowest BCUT2D eigenvalue weighted by molar-refractivity contribution is 0.297. The quantitative estimate of drug-likeness (QED) is 0.743. The number of pyridine rings is 1. The zero-order chi connectivity index (χ0) is 10.4. The zero-order valence-corrected chi connectivity index (χ0v) is 8.32. The van der Waals surface area contributed by atoms with E-state index < -0.39 is 0 Å². The largest absolute Gasteiger partial charge is 0.493 e. The second-order valence-electron chi connectivity index (χ2n) is 2.51. The molecule has 0 aliphatic rings. The van der Waals surface area contributed by atoms with Crippen LogP contribution < -0.4 is 19.9 Å². The lowest BCUT2D eigenvalue weighted by atomic mass is 10.4. The van der Waals surface area contributed by atoms with E-state index in [1.807, 2.05) is 0 Å². The molecule has 0 radical (unpaired) electrons. The summed E-state index contributed by atoms with van der Waals surface area (Å²) in [6.45, 7) is 0.888. The number of aromatic nitrogens is 1. The van der Waals surface area contributed by atoms with Crippen LogP contribution in [-0.2, 0) is 0 Å². The minimum Gasteiger partial charge on any atom is -0.493 e. The third-order valence-electron chi connectivity index (χ3n) is 1.61. The van der Waals surface area contributed by atoms with Crippen LogP contribution >= 0.6 is 0 Å². The van der Waals surface area contributed by atoms with Gasteiger partial charge in [-0.2, -0.15) is 0 Å². The molecule has 0 saturated carbocycles. The standard InChI is InChI=1S/C9H14N2O3/c1-12-7-5-9(13-2)11-6-8(7)14-4-3-10/h5-6H,3-4,10H2,1-2H3. The van der Waals surface area contributed by atoms with Crippen LogP contribution in [0.3, 0.4) is 0 Å². The fraction of sp³-hybridized carbons (Fsp3) is 0.444. The van der Waals surface area contributed by atoms with Gasteiger partial charge in [-0.15, -0.1) is 0 Å². The van der Waals surface area contributed by atoms with Crippen molar-refractivity contribution in [3.05, 3.63) is 12.3 Å². The highest BCUT2D eigenvalue weighted by Gasteiger charge is 2.06. The Hall–Kier alpha value is -1.49. The van der Waals surface area contributed by atoms with E-state index in [1.54, 1.807) is 26.5 Å². The van der Waals surface area contributed by atoms with E-state index in [4.69, 9.17) is 19.9 Å². The summed E-state index contributed by atoms with van der Waals surface area (Å²) in [5.74, 6) is 1.64. The Bertz CT molecular complexity index is 291. The molecule has 0 aliphatic heterocycles. The summed E-state index contributed by atoms with van der Waals surface area (Å²) in [5.41, 5.74) is 5.31. The number of hydrogen-bond acceptors (Lipinski definition) is 5. The number of nitrogens with two attached hydrogens (primary N) is 1. The van der Waals surface area contributed by atoms with E-state index in [0.717, 1.165) is 0 Å². The maximum atomic E-state index is 5.31. The molecule has 0 spiro atoms. The van der Waals surface area contributed by atoms with Crippen LogP contribution in [0.2, 0.25) is 0 Å². The van der Waals surface area contributed by atoms with Gasteiger partial charge in [-0.05, 0) is 0 Å². The summed E-state index contributed by atoms with van der Waals surface area (Å²) in [6, 6.07) is 1.66. The van der Waals surface area contributed by atoms with E-state index >= 15 is 0 Å². The van der Waals surface area contributed by atoms with Gasteiger partial charge >= 0.3 is 0 Å². The number of rotatable bonds is 5. The Balaban J connectivity index is 2.82. The molecule has 1 rings (SSSR count). The molecule has 0 bridgehead atoms. The maximum Gasteiger partial charge on any atom is 0.216 e. The van der Waals surface area contributed by atoms with Crippen molar-refractivity contribution in [1.82, 2.24) is 4.98 Å². The molecule has 0 aromatic carbocycles. The van der Waals surface area contributed by atoms with Gasteiger partial charge in [0.1, 0.15) is 6.61 Å². The normalized spacial score (nSPS) is 9.64. The predicted molar refractivity (Wildman–Crippen MR) is 51.9 cm³/mol. The Labute approximate surface area is 82.8 Å². The highest BCUT2D eigenvalue weighted by molar-refractivity contribution is 5.40. The zero-order valence-electron chi connectivity index (χ0n) is 8.32. The lowest BCUT2D eigenvalue weighted by Crippen LogP contribution is -2.11. The molecule has 5 nitrogen and oxygen atoms in total. The summed E-state index contributed by atoms with van der Waals surface area (Å²) in [6.07, 6.45) is 1.55. The highest BCUT2D eigenvalue weighted by Crippen LogP contribution is 2.28. The van der Waals surface area contributed by atoms with Crippen LogP contribution in [0.25, 0.3) is 0 Å². The van der Waals surface area contributed by atoms with Crippen molar-refractivity contribution in [2.45, 2.75) is 0 Å². The van der Waals surface area contributed by atoms with Crippen LogP contribution in [0.4, 0.5) is 0 Å². The van der Waals surface area contributed by atoms with Crippen molar-refractivity contribution in [3.63, 3.8) is 0 Å². The fourth-order valence-corrected chi connectivity index (χ4v) is 0.955. The van der Waals surface area contributed by atoms with Gasteiger partial charge in [0, 0.05) is 12.6 Å². The molecule has 5 heteroatoms. The van der Waals surface area contributed by atoms with Gasteiger partial charge in [-0.3, -0.25) is 0 Å². The van der Waals surface area contributed by atoms with Gasteiger partial charge in [0.25, 0.3) is 0 Å². The van der Waals surface area contributed by atoms with Crippen molar-refractivity contribution in [2.24, 2.45) is 5.73 Å². The first-order valence-corrected chi connectivity index (χ1v) is 4.22. The van der Waals surface area contributed by atoms with Crippen molar-refractivity contribution in [1.29, 1.82) is 0 Å². The molecule has 1 aromatic heterocycles. The molecule has 14 heavy (non-hydrogen) atoms.